The summed E-state index contributed by atoms with van der Waals surface area (Å²) in [6.07, 6.45) is -0.151. The van der Waals surface area contributed by atoms with Gasteiger partial charge >= 0.3 is 0 Å². The van der Waals surface area contributed by atoms with Gasteiger partial charge in [-0.1, -0.05) is 0 Å². The highest BCUT2D eigenvalue weighted by molar-refractivity contribution is 7.89. The molecule has 1 saturated heterocycles. The Labute approximate surface area is 96.6 Å². The van der Waals surface area contributed by atoms with Gasteiger partial charge in [-0.2, -0.15) is 4.31 Å². The summed E-state index contributed by atoms with van der Waals surface area (Å²) in [7, 11) is -0.236. The molecule has 0 aromatic heterocycles. The van der Waals surface area contributed by atoms with Crippen LogP contribution in [0.4, 0.5) is 0 Å². The number of likely N-dealkylation sites (N-methyl/N-ethyl adjacent to an activating group) is 1. The quantitative estimate of drug-likeness (QED) is 0.570. The first-order valence-electron chi connectivity index (χ1n) is 5.32. The molecule has 0 amide bonds. The molecule has 7 heteroatoms. The lowest BCUT2D eigenvalue weighted by Gasteiger charge is -2.25. The molecule has 2 atom stereocenters. The number of nitrogens with one attached hydrogen (secondary N) is 1. The van der Waals surface area contributed by atoms with Crippen molar-refractivity contribution in [3.8, 4) is 0 Å². The Morgan fingerprint density at radius 2 is 2.19 bits per heavy atom. The van der Waals surface area contributed by atoms with Gasteiger partial charge in [-0.25, -0.2) is 8.42 Å². The van der Waals surface area contributed by atoms with E-state index in [1.165, 1.54) is 11.4 Å². The molecule has 96 valence electrons. The van der Waals surface area contributed by atoms with E-state index in [2.05, 4.69) is 5.32 Å². The molecule has 1 rings (SSSR count). The number of hydrogen-bond donors (Lipinski definition) is 2. The lowest BCUT2D eigenvalue weighted by molar-refractivity contribution is 0.136. The molecule has 0 aliphatic carbocycles. The fourth-order valence-corrected chi connectivity index (χ4v) is 3.16. The Balaban J connectivity index is 2.54. The van der Waals surface area contributed by atoms with Gasteiger partial charge in [0.2, 0.25) is 10.0 Å². The van der Waals surface area contributed by atoms with Crippen LogP contribution < -0.4 is 5.32 Å². The van der Waals surface area contributed by atoms with Crippen molar-refractivity contribution >= 4 is 10.0 Å². The summed E-state index contributed by atoms with van der Waals surface area (Å²) in [5.41, 5.74) is 0. The number of aliphatic hydroxyl groups excluding tert-OH is 1. The largest absolute Gasteiger partial charge is 0.390 e. The summed E-state index contributed by atoms with van der Waals surface area (Å²) >= 11 is 0. The molecule has 6 nitrogen and oxygen atoms in total. The zero-order valence-electron chi connectivity index (χ0n) is 9.72. The first kappa shape index (κ1) is 13.9. The molecular formula is C9H20N2O4S. The summed E-state index contributed by atoms with van der Waals surface area (Å²) in [5.74, 6) is 0.0561. The number of hydrogen-bond acceptors (Lipinski definition) is 5. The van der Waals surface area contributed by atoms with Crippen LogP contribution in [0.1, 0.15) is 6.42 Å². The van der Waals surface area contributed by atoms with Crippen LogP contribution in [-0.4, -0.2) is 69.6 Å². The van der Waals surface area contributed by atoms with E-state index in [0.29, 0.717) is 26.1 Å². The summed E-state index contributed by atoms with van der Waals surface area (Å²) in [4.78, 5) is 0. The Morgan fingerprint density at radius 3 is 2.69 bits per heavy atom. The van der Waals surface area contributed by atoms with Crippen molar-refractivity contribution < 1.29 is 18.3 Å². The second-order valence-corrected chi connectivity index (χ2v) is 6.12. The highest BCUT2D eigenvalue weighted by Gasteiger charge is 2.34. The molecule has 0 aromatic carbocycles. The van der Waals surface area contributed by atoms with Crippen molar-refractivity contribution in [1.82, 2.24) is 9.62 Å². The second-order valence-electron chi connectivity index (χ2n) is 3.97. The second kappa shape index (κ2) is 5.92. The third kappa shape index (κ3) is 3.39. The van der Waals surface area contributed by atoms with Crippen LogP contribution in [0, 0.1) is 0 Å². The zero-order valence-corrected chi connectivity index (χ0v) is 10.5. The maximum absolute atomic E-state index is 11.9. The van der Waals surface area contributed by atoms with Crippen molar-refractivity contribution in [3.63, 3.8) is 0 Å². The molecule has 16 heavy (non-hydrogen) atoms. The summed E-state index contributed by atoms with van der Waals surface area (Å²) < 4.78 is 29.8. The molecule has 0 aromatic rings. The van der Waals surface area contributed by atoms with Crippen LogP contribution in [0.2, 0.25) is 0 Å². The van der Waals surface area contributed by atoms with Crippen LogP contribution >= 0.6 is 0 Å². The molecule has 0 bridgehead atoms. The maximum atomic E-state index is 11.9. The third-order valence-electron chi connectivity index (χ3n) is 2.81. The number of β-amino-alcohol motifs (C(OH)–C–C–N with tert-alkyl or cyclic N) is 1. The average molecular weight is 252 g/mol. The van der Waals surface area contributed by atoms with E-state index >= 15 is 0 Å². The molecule has 1 fully saturated rings. The lowest BCUT2D eigenvalue weighted by atomic mass is 10.2. The van der Waals surface area contributed by atoms with Gasteiger partial charge in [0, 0.05) is 33.9 Å². The van der Waals surface area contributed by atoms with Crippen molar-refractivity contribution in [1.29, 1.82) is 0 Å². The minimum atomic E-state index is -3.30. The summed E-state index contributed by atoms with van der Waals surface area (Å²) in [6, 6.07) is -0.354. The lowest BCUT2D eigenvalue weighted by Crippen LogP contribution is -2.45. The molecule has 0 radical (unpaired) electrons. The van der Waals surface area contributed by atoms with E-state index < -0.39 is 16.1 Å². The maximum Gasteiger partial charge on any atom is 0.214 e. The summed E-state index contributed by atoms with van der Waals surface area (Å²) in [5, 5.41) is 12.6. The molecular weight excluding hydrogens is 232 g/mol. The van der Waals surface area contributed by atoms with Crippen LogP contribution in [0.25, 0.3) is 0 Å². The Bertz CT molecular complexity index is 307. The summed E-state index contributed by atoms with van der Waals surface area (Å²) in [6.45, 7) is 1.38. The Kier molecular flexibility index (Phi) is 5.13. The van der Waals surface area contributed by atoms with Crippen LogP contribution in [0.5, 0.6) is 0 Å². The number of sulfonamides is 1. The highest BCUT2D eigenvalue weighted by atomic mass is 32.2. The van der Waals surface area contributed by atoms with Crippen LogP contribution in [0.15, 0.2) is 0 Å². The fraction of sp³-hybridized carbons (Fsp3) is 1.00. The topological polar surface area (TPSA) is 78.9 Å². The van der Waals surface area contributed by atoms with Gasteiger partial charge in [0.1, 0.15) is 0 Å². The number of rotatable bonds is 6. The van der Waals surface area contributed by atoms with E-state index in [-0.39, 0.29) is 11.8 Å². The van der Waals surface area contributed by atoms with Gasteiger partial charge < -0.3 is 15.2 Å². The van der Waals surface area contributed by atoms with Crippen molar-refractivity contribution in [3.05, 3.63) is 0 Å². The first-order chi connectivity index (χ1) is 7.49. The van der Waals surface area contributed by atoms with Crippen molar-refractivity contribution in [2.24, 2.45) is 0 Å². The number of ether oxygens (including phenoxy) is 1. The standard InChI is InChI=1S/C9H20N2O4S/c1-11(8-6-10-7-9(8)12)16(13,14)5-3-4-15-2/h8-10,12H,3-7H2,1-2H3/t8-,9-/m0/s1. The van der Waals surface area contributed by atoms with Gasteiger partial charge in [0.15, 0.2) is 0 Å². The zero-order chi connectivity index (χ0) is 12.2. The van der Waals surface area contributed by atoms with Crippen LogP contribution in [0.3, 0.4) is 0 Å². The van der Waals surface area contributed by atoms with Crippen LogP contribution in [-0.2, 0) is 14.8 Å². The van der Waals surface area contributed by atoms with Gasteiger partial charge in [-0.3, -0.25) is 0 Å². The number of aliphatic hydroxyl groups is 1. The van der Waals surface area contributed by atoms with Crippen molar-refractivity contribution in [2.45, 2.75) is 18.6 Å². The van der Waals surface area contributed by atoms with E-state index in [0.717, 1.165) is 0 Å². The molecule has 2 N–H and O–H groups in total. The molecule has 0 unspecified atom stereocenters. The van der Waals surface area contributed by atoms with E-state index in [9.17, 15) is 13.5 Å². The monoisotopic (exact) mass is 252 g/mol. The predicted octanol–water partition coefficient (Wildman–Crippen LogP) is -1.38. The van der Waals surface area contributed by atoms with Gasteiger partial charge in [0.05, 0.1) is 17.9 Å². The van der Waals surface area contributed by atoms with Gasteiger partial charge in [-0.05, 0) is 6.42 Å². The number of methoxy groups -OCH3 is 1. The Morgan fingerprint density at radius 1 is 1.50 bits per heavy atom. The highest BCUT2D eigenvalue weighted by Crippen LogP contribution is 2.12. The molecule has 1 aliphatic heterocycles. The molecule has 0 saturated carbocycles. The predicted molar refractivity (Wildman–Crippen MR) is 60.7 cm³/mol. The first-order valence-corrected chi connectivity index (χ1v) is 6.93. The minimum Gasteiger partial charge on any atom is -0.390 e. The normalized spacial score (nSPS) is 26.5. The van der Waals surface area contributed by atoms with Crippen molar-refractivity contribution in [2.75, 3.05) is 39.6 Å². The van der Waals surface area contributed by atoms with Gasteiger partial charge in [0.25, 0.3) is 0 Å². The average Bonchev–Trinajstić information content (AvgIpc) is 2.63. The Hall–Kier alpha value is -0.210. The molecule has 1 aliphatic rings. The van der Waals surface area contributed by atoms with Gasteiger partial charge in [-0.15, -0.1) is 0 Å². The van der Waals surface area contributed by atoms with E-state index in [1.807, 2.05) is 0 Å². The smallest absolute Gasteiger partial charge is 0.214 e. The minimum absolute atomic E-state index is 0.0561. The number of nitrogens with zero attached hydrogens (tertiary/aromatic N) is 1. The van der Waals surface area contributed by atoms with E-state index in [1.54, 1.807) is 7.11 Å². The fourth-order valence-electron chi connectivity index (χ4n) is 1.76. The molecule has 0 spiro atoms. The third-order valence-corrected chi connectivity index (χ3v) is 4.76. The van der Waals surface area contributed by atoms with E-state index in [4.69, 9.17) is 4.74 Å². The SMILES string of the molecule is COCCCS(=O)(=O)N(C)[C@H]1CNC[C@@H]1O. The molecule has 1 heterocycles.